The van der Waals surface area contributed by atoms with Gasteiger partial charge in [-0.05, 0) is 18.4 Å². The minimum Gasteiger partial charge on any atom is -0.278 e. The highest BCUT2D eigenvalue weighted by Crippen LogP contribution is 2.08. The predicted octanol–water partition coefficient (Wildman–Crippen LogP) is 1.26. The van der Waals surface area contributed by atoms with Crippen molar-refractivity contribution in [2.24, 2.45) is 0 Å². The summed E-state index contributed by atoms with van der Waals surface area (Å²) in [7, 11) is -3.57. The van der Waals surface area contributed by atoms with E-state index in [1.807, 2.05) is 0 Å². The number of hydrogen-bond donors (Lipinski definition) is 2. The standard InChI is InChI=1S/C8H10N2O2S2/c1-13-8(9)10-14(11,12)7-5-3-2-4-6-7/h2-6H,1H3,(H2,9,10). The van der Waals surface area contributed by atoms with Gasteiger partial charge in [0.1, 0.15) is 0 Å². The van der Waals surface area contributed by atoms with Crippen LogP contribution in [-0.2, 0) is 10.0 Å². The molecule has 2 N–H and O–H groups in total. The van der Waals surface area contributed by atoms with Crippen molar-refractivity contribution in [1.29, 1.82) is 5.41 Å². The number of rotatable bonds is 2. The monoisotopic (exact) mass is 230 g/mol. The summed E-state index contributed by atoms with van der Waals surface area (Å²) in [6.45, 7) is 0. The molecule has 0 aliphatic heterocycles. The second kappa shape index (κ2) is 4.47. The second-order valence-electron chi connectivity index (χ2n) is 2.45. The van der Waals surface area contributed by atoms with Gasteiger partial charge in [0.15, 0.2) is 5.17 Å². The topological polar surface area (TPSA) is 70.0 Å². The Balaban J connectivity index is 2.93. The van der Waals surface area contributed by atoms with Crippen LogP contribution in [0, 0.1) is 5.41 Å². The Morgan fingerprint density at radius 1 is 1.36 bits per heavy atom. The van der Waals surface area contributed by atoms with Crippen LogP contribution in [0.4, 0.5) is 0 Å². The summed E-state index contributed by atoms with van der Waals surface area (Å²) in [6, 6.07) is 7.97. The van der Waals surface area contributed by atoms with Crippen LogP contribution in [0.3, 0.4) is 0 Å². The molecule has 0 unspecified atom stereocenters. The van der Waals surface area contributed by atoms with Crippen LogP contribution in [0.1, 0.15) is 0 Å². The molecule has 0 saturated heterocycles. The van der Waals surface area contributed by atoms with Crippen molar-refractivity contribution in [1.82, 2.24) is 4.72 Å². The van der Waals surface area contributed by atoms with Crippen molar-refractivity contribution in [2.75, 3.05) is 6.26 Å². The van der Waals surface area contributed by atoms with Crippen LogP contribution >= 0.6 is 11.8 Å². The number of hydrogen-bond acceptors (Lipinski definition) is 4. The molecule has 0 heterocycles. The first-order valence-corrected chi connectivity index (χ1v) is 6.47. The van der Waals surface area contributed by atoms with Gasteiger partial charge in [0.2, 0.25) is 0 Å². The van der Waals surface area contributed by atoms with E-state index in [0.717, 1.165) is 11.8 Å². The van der Waals surface area contributed by atoms with Crippen LogP contribution in [0.2, 0.25) is 0 Å². The van der Waals surface area contributed by atoms with Crippen LogP contribution in [0.5, 0.6) is 0 Å². The van der Waals surface area contributed by atoms with Crippen molar-refractivity contribution in [3.8, 4) is 0 Å². The maximum Gasteiger partial charge on any atom is 0.263 e. The van der Waals surface area contributed by atoms with Gasteiger partial charge in [-0.15, -0.1) is 0 Å². The number of amidine groups is 1. The Morgan fingerprint density at radius 3 is 2.43 bits per heavy atom. The smallest absolute Gasteiger partial charge is 0.263 e. The largest absolute Gasteiger partial charge is 0.278 e. The third-order valence-electron chi connectivity index (χ3n) is 1.48. The summed E-state index contributed by atoms with van der Waals surface area (Å²) >= 11 is 1.04. The minimum atomic E-state index is -3.57. The van der Waals surface area contributed by atoms with E-state index in [0.29, 0.717) is 0 Å². The minimum absolute atomic E-state index is 0.0890. The SMILES string of the molecule is CSC(=N)NS(=O)(=O)c1ccccc1. The highest BCUT2D eigenvalue weighted by Gasteiger charge is 2.13. The summed E-state index contributed by atoms with van der Waals surface area (Å²) in [4.78, 5) is 0.166. The van der Waals surface area contributed by atoms with Crippen LogP contribution in [0.15, 0.2) is 35.2 Å². The van der Waals surface area contributed by atoms with Crippen LogP contribution in [0.25, 0.3) is 0 Å². The van der Waals surface area contributed by atoms with E-state index in [1.54, 1.807) is 24.5 Å². The lowest BCUT2D eigenvalue weighted by atomic mass is 10.4. The molecule has 0 atom stereocenters. The van der Waals surface area contributed by atoms with Gasteiger partial charge in [0.25, 0.3) is 10.0 Å². The van der Waals surface area contributed by atoms with E-state index in [9.17, 15) is 8.42 Å². The lowest BCUT2D eigenvalue weighted by molar-refractivity contribution is 0.593. The Labute approximate surface area is 87.3 Å². The van der Waals surface area contributed by atoms with E-state index < -0.39 is 10.0 Å². The molecule has 0 spiro atoms. The molecule has 0 aromatic heterocycles. The molecule has 4 nitrogen and oxygen atoms in total. The van der Waals surface area contributed by atoms with Gasteiger partial charge in [0.05, 0.1) is 4.90 Å². The molecule has 1 aromatic carbocycles. The fourth-order valence-corrected chi connectivity index (χ4v) is 2.36. The normalized spacial score (nSPS) is 10.9. The van der Waals surface area contributed by atoms with Gasteiger partial charge in [-0.25, -0.2) is 8.42 Å². The molecular weight excluding hydrogens is 220 g/mol. The molecule has 0 amide bonds. The van der Waals surface area contributed by atoms with Gasteiger partial charge >= 0.3 is 0 Å². The molecule has 0 fully saturated rings. The van der Waals surface area contributed by atoms with Crippen molar-refractivity contribution in [2.45, 2.75) is 4.90 Å². The Kier molecular flexibility index (Phi) is 3.54. The number of benzene rings is 1. The molecule has 0 saturated carbocycles. The van der Waals surface area contributed by atoms with Gasteiger partial charge in [0, 0.05) is 0 Å². The zero-order chi connectivity index (χ0) is 10.6. The van der Waals surface area contributed by atoms with Crippen LogP contribution < -0.4 is 4.72 Å². The van der Waals surface area contributed by atoms with Crippen molar-refractivity contribution < 1.29 is 8.42 Å². The third-order valence-corrected chi connectivity index (χ3v) is 3.49. The molecule has 0 radical (unpaired) electrons. The van der Waals surface area contributed by atoms with Crippen molar-refractivity contribution >= 4 is 27.0 Å². The number of thioether (sulfide) groups is 1. The first kappa shape index (κ1) is 11.1. The van der Waals surface area contributed by atoms with E-state index >= 15 is 0 Å². The average Bonchev–Trinajstić information content (AvgIpc) is 2.18. The Hall–Kier alpha value is -1.01. The first-order chi connectivity index (χ1) is 6.56. The molecule has 1 rings (SSSR count). The fourth-order valence-electron chi connectivity index (χ4n) is 0.822. The van der Waals surface area contributed by atoms with E-state index in [-0.39, 0.29) is 10.1 Å². The molecule has 0 aliphatic carbocycles. The predicted molar refractivity (Wildman–Crippen MR) is 58.0 cm³/mol. The lowest BCUT2D eigenvalue weighted by Crippen LogP contribution is -2.27. The van der Waals surface area contributed by atoms with Gasteiger partial charge in [-0.3, -0.25) is 10.1 Å². The number of sulfonamides is 1. The molecule has 0 bridgehead atoms. The third kappa shape index (κ3) is 2.74. The van der Waals surface area contributed by atoms with E-state index in [4.69, 9.17) is 5.41 Å². The van der Waals surface area contributed by atoms with Gasteiger partial charge in [-0.1, -0.05) is 30.0 Å². The summed E-state index contributed by atoms with van der Waals surface area (Å²) < 4.78 is 25.2. The Morgan fingerprint density at radius 2 is 1.93 bits per heavy atom. The average molecular weight is 230 g/mol. The Bertz CT molecular complexity index is 414. The summed E-state index contributed by atoms with van der Waals surface area (Å²) in [5.41, 5.74) is 0. The molecule has 0 aliphatic rings. The molecule has 6 heteroatoms. The highest BCUT2D eigenvalue weighted by atomic mass is 32.2. The maximum atomic E-state index is 11.5. The van der Waals surface area contributed by atoms with E-state index in [2.05, 4.69) is 4.72 Å². The zero-order valence-corrected chi connectivity index (χ0v) is 9.15. The van der Waals surface area contributed by atoms with Crippen molar-refractivity contribution in [3.05, 3.63) is 30.3 Å². The summed E-state index contributed by atoms with van der Waals surface area (Å²) in [5, 5.41) is 7.13. The highest BCUT2D eigenvalue weighted by molar-refractivity contribution is 8.14. The van der Waals surface area contributed by atoms with Crippen molar-refractivity contribution in [3.63, 3.8) is 0 Å². The molecule has 76 valence electrons. The summed E-state index contributed by atoms with van der Waals surface area (Å²) in [6.07, 6.45) is 1.63. The fraction of sp³-hybridized carbons (Fsp3) is 0.125. The van der Waals surface area contributed by atoms with Crippen LogP contribution in [-0.4, -0.2) is 19.8 Å². The summed E-state index contributed by atoms with van der Waals surface area (Å²) in [5.74, 6) is 0. The zero-order valence-electron chi connectivity index (χ0n) is 7.52. The molecule has 1 aromatic rings. The maximum absolute atomic E-state index is 11.5. The molecule has 14 heavy (non-hydrogen) atoms. The first-order valence-electron chi connectivity index (χ1n) is 3.76. The van der Waals surface area contributed by atoms with Gasteiger partial charge in [-0.2, -0.15) is 0 Å². The van der Waals surface area contributed by atoms with Gasteiger partial charge < -0.3 is 0 Å². The lowest BCUT2D eigenvalue weighted by Gasteiger charge is -2.06. The quantitative estimate of drug-likeness (QED) is 0.593. The number of nitrogens with one attached hydrogen (secondary N) is 2. The molecular formula is C8H10N2O2S2. The second-order valence-corrected chi connectivity index (χ2v) is 4.95. The van der Waals surface area contributed by atoms with E-state index in [1.165, 1.54) is 12.1 Å².